The van der Waals surface area contributed by atoms with Crippen LogP contribution in [0.5, 0.6) is 0 Å². The molecule has 3 heteroatoms. The molecule has 0 amide bonds. The second-order valence-electron chi connectivity index (χ2n) is 4.65. The van der Waals surface area contributed by atoms with Crippen LogP contribution in [0.25, 0.3) is 0 Å². The molecule has 0 aliphatic rings. The lowest BCUT2D eigenvalue weighted by Crippen LogP contribution is -2.31. The minimum Gasteiger partial charge on any atom is -0.330 e. The molecule has 1 unspecified atom stereocenters. The largest absolute Gasteiger partial charge is 0.330 e. The van der Waals surface area contributed by atoms with Gasteiger partial charge < -0.3 is 10.6 Å². The van der Waals surface area contributed by atoms with Crippen LogP contribution in [-0.2, 0) is 6.42 Å². The quantitative estimate of drug-likeness (QED) is 0.839. The monoisotopic (exact) mass is 298 g/mol. The van der Waals surface area contributed by atoms with Crippen molar-refractivity contribution in [3.8, 4) is 0 Å². The highest BCUT2D eigenvalue weighted by molar-refractivity contribution is 9.10. The zero-order valence-electron chi connectivity index (χ0n) is 10.8. The second-order valence-corrected chi connectivity index (χ2v) is 5.57. The van der Waals surface area contributed by atoms with Crippen LogP contribution < -0.4 is 5.73 Å². The highest BCUT2D eigenvalue weighted by atomic mass is 79.9. The standard InChI is InChI=1S/C14H23BrN2/c1-3-12(10-16)11-17(2)8-7-13-5-4-6-14(15)9-13/h4-6,9,12H,3,7-8,10-11,16H2,1-2H3. The van der Waals surface area contributed by atoms with E-state index < -0.39 is 0 Å². The number of halogens is 1. The molecule has 1 aromatic rings. The number of hydrogen-bond donors (Lipinski definition) is 1. The summed E-state index contributed by atoms with van der Waals surface area (Å²) in [5.41, 5.74) is 7.11. The summed E-state index contributed by atoms with van der Waals surface area (Å²) < 4.78 is 1.16. The molecule has 0 aromatic heterocycles. The second kappa shape index (κ2) is 7.85. The summed E-state index contributed by atoms with van der Waals surface area (Å²) in [4.78, 5) is 2.38. The number of rotatable bonds is 7. The van der Waals surface area contributed by atoms with Gasteiger partial charge in [-0.3, -0.25) is 0 Å². The van der Waals surface area contributed by atoms with Crippen LogP contribution in [0, 0.1) is 5.92 Å². The van der Waals surface area contributed by atoms with Gasteiger partial charge in [0.05, 0.1) is 0 Å². The zero-order chi connectivity index (χ0) is 12.7. The van der Waals surface area contributed by atoms with Crippen LogP contribution in [0.2, 0.25) is 0 Å². The molecule has 0 spiro atoms. The van der Waals surface area contributed by atoms with Crippen molar-refractivity contribution in [2.45, 2.75) is 19.8 Å². The third-order valence-corrected chi connectivity index (χ3v) is 3.65. The normalized spacial score (nSPS) is 13.0. The molecule has 1 aromatic carbocycles. The van der Waals surface area contributed by atoms with E-state index in [0.29, 0.717) is 5.92 Å². The highest BCUT2D eigenvalue weighted by Gasteiger charge is 2.07. The summed E-state index contributed by atoms with van der Waals surface area (Å²) in [5, 5.41) is 0. The lowest BCUT2D eigenvalue weighted by molar-refractivity contribution is 0.277. The first kappa shape index (κ1) is 14.7. The fourth-order valence-corrected chi connectivity index (χ4v) is 2.36. The van der Waals surface area contributed by atoms with Crippen molar-refractivity contribution < 1.29 is 0 Å². The van der Waals surface area contributed by atoms with E-state index in [2.05, 4.69) is 59.1 Å². The van der Waals surface area contributed by atoms with E-state index in [-0.39, 0.29) is 0 Å². The maximum atomic E-state index is 5.73. The summed E-state index contributed by atoms with van der Waals surface area (Å²) in [6.07, 6.45) is 2.26. The Bertz CT molecular complexity index is 324. The molecular formula is C14H23BrN2. The Hall–Kier alpha value is -0.380. The molecule has 2 nitrogen and oxygen atoms in total. The van der Waals surface area contributed by atoms with Crippen LogP contribution in [-0.4, -0.2) is 31.6 Å². The first-order valence-corrected chi connectivity index (χ1v) is 7.08. The van der Waals surface area contributed by atoms with E-state index >= 15 is 0 Å². The van der Waals surface area contributed by atoms with Crippen molar-refractivity contribution in [1.29, 1.82) is 0 Å². The van der Waals surface area contributed by atoms with Crippen molar-refractivity contribution in [2.24, 2.45) is 11.7 Å². The highest BCUT2D eigenvalue weighted by Crippen LogP contribution is 2.12. The van der Waals surface area contributed by atoms with E-state index in [1.807, 2.05) is 0 Å². The summed E-state index contributed by atoms with van der Waals surface area (Å²) in [6.45, 7) is 5.19. The Labute approximate surface area is 113 Å². The zero-order valence-corrected chi connectivity index (χ0v) is 12.4. The maximum absolute atomic E-state index is 5.73. The predicted molar refractivity (Wildman–Crippen MR) is 78.2 cm³/mol. The number of nitrogens with zero attached hydrogens (tertiary/aromatic N) is 1. The Morgan fingerprint density at radius 2 is 2.18 bits per heavy atom. The molecule has 2 N–H and O–H groups in total. The van der Waals surface area contributed by atoms with Gasteiger partial charge in [0.2, 0.25) is 0 Å². The fraction of sp³-hybridized carbons (Fsp3) is 0.571. The Morgan fingerprint density at radius 1 is 1.41 bits per heavy atom. The first-order valence-electron chi connectivity index (χ1n) is 6.28. The fourth-order valence-electron chi connectivity index (χ4n) is 1.91. The topological polar surface area (TPSA) is 29.3 Å². The molecule has 1 rings (SSSR count). The summed E-state index contributed by atoms with van der Waals surface area (Å²) >= 11 is 3.50. The molecule has 0 saturated heterocycles. The molecule has 0 aliphatic heterocycles. The van der Waals surface area contributed by atoms with Crippen LogP contribution in [0.3, 0.4) is 0 Å². The summed E-state index contributed by atoms with van der Waals surface area (Å²) in [5.74, 6) is 0.627. The average Bonchev–Trinajstić information content (AvgIpc) is 2.33. The van der Waals surface area contributed by atoms with Gasteiger partial charge in [0.15, 0.2) is 0 Å². The molecule has 17 heavy (non-hydrogen) atoms. The molecule has 96 valence electrons. The van der Waals surface area contributed by atoms with Gasteiger partial charge in [0.1, 0.15) is 0 Å². The minimum atomic E-state index is 0.627. The Balaban J connectivity index is 2.35. The van der Waals surface area contributed by atoms with Gasteiger partial charge in [-0.15, -0.1) is 0 Å². The van der Waals surface area contributed by atoms with Gasteiger partial charge in [-0.25, -0.2) is 0 Å². The van der Waals surface area contributed by atoms with E-state index in [0.717, 1.165) is 36.9 Å². The molecule has 1 atom stereocenters. The maximum Gasteiger partial charge on any atom is 0.0178 e. The molecule has 0 radical (unpaired) electrons. The Morgan fingerprint density at radius 3 is 2.76 bits per heavy atom. The van der Waals surface area contributed by atoms with Crippen molar-refractivity contribution in [3.63, 3.8) is 0 Å². The molecular weight excluding hydrogens is 276 g/mol. The molecule has 0 bridgehead atoms. The lowest BCUT2D eigenvalue weighted by atomic mass is 10.1. The van der Waals surface area contributed by atoms with Crippen LogP contribution in [0.15, 0.2) is 28.7 Å². The van der Waals surface area contributed by atoms with Gasteiger partial charge in [-0.2, -0.15) is 0 Å². The van der Waals surface area contributed by atoms with Crippen LogP contribution >= 0.6 is 15.9 Å². The SMILES string of the molecule is CCC(CN)CN(C)CCc1cccc(Br)c1. The van der Waals surface area contributed by atoms with Crippen LogP contribution in [0.1, 0.15) is 18.9 Å². The number of benzene rings is 1. The number of hydrogen-bond acceptors (Lipinski definition) is 2. The lowest BCUT2D eigenvalue weighted by Gasteiger charge is -2.22. The van der Waals surface area contributed by atoms with E-state index in [1.54, 1.807) is 0 Å². The number of likely N-dealkylation sites (N-methyl/N-ethyl adjacent to an activating group) is 1. The van der Waals surface area contributed by atoms with Gasteiger partial charge in [0.25, 0.3) is 0 Å². The molecule has 0 heterocycles. The average molecular weight is 299 g/mol. The van der Waals surface area contributed by atoms with Crippen molar-refractivity contribution >= 4 is 15.9 Å². The first-order chi connectivity index (χ1) is 8.15. The van der Waals surface area contributed by atoms with Crippen molar-refractivity contribution in [1.82, 2.24) is 4.90 Å². The third kappa shape index (κ3) is 5.66. The van der Waals surface area contributed by atoms with Crippen LogP contribution in [0.4, 0.5) is 0 Å². The smallest absolute Gasteiger partial charge is 0.0178 e. The van der Waals surface area contributed by atoms with Gasteiger partial charge >= 0.3 is 0 Å². The van der Waals surface area contributed by atoms with E-state index in [9.17, 15) is 0 Å². The third-order valence-electron chi connectivity index (χ3n) is 3.15. The number of nitrogens with two attached hydrogens (primary N) is 1. The summed E-state index contributed by atoms with van der Waals surface area (Å²) in [7, 11) is 2.18. The van der Waals surface area contributed by atoms with E-state index in [1.165, 1.54) is 5.56 Å². The summed E-state index contributed by atoms with van der Waals surface area (Å²) in [6, 6.07) is 8.52. The minimum absolute atomic E-state index is 0.627. The predicted octanol–water partition coefficient (Wildman–Crippen LogP) is 2.91. The van der Waals surface area contributed by atoms with Gasteiger partial charge in [-0.1, -0.05) is 41.4 Å². The van der Waals surface area contributed by atoms with Crippen molar-refractivity contribution in [2.75, 3.05) is 26.7 Å². The molecule has 0 aliphatic carbocycles. The Kier molecular flexibility index (Phi) is 6.78. The van der Waals surface area contributed by atoms with E-state index in [4.69, 9.17) is 5.73 Å². The molecule has 0 saturated carbocycles. The van der Waals surface area contributed by atoms with Crippen molar-refractivity contribution in [3.05, 3.63) is 34.3 Å². The van der Waals surface area contributed by atoms with Gasteiger partial charge in [0, 0.05) is 17.6 Å². The van der Waals surface area contributed by atoms with Gasteiger partial charge in [-0.05, 0) is 43.6 Å². The molecule has 0 fully saturated rings.